The Hall–Kier alpha value is -2.46. The first kappa shape index (κ1) is 13.5. The predicted octanol–water partition coefficient (Wildman–Crippen LogP) is 4.48. The van der Waals surface area contributed by atoms with E-state index >= 15 is 0 Å². The van der Waals surface area contributed by atoms with Crippen LogP contribution in [0.2, 0.25) is 5.02 Å². The van der Waals surface area contributed by atoms with Gasteiger partial charge in [-0.25, -0.2) is 0 Å². The SMILES string of the molecule is COc1ccc(Nc2cc(-c3ccc(Cl)cc3)[nH]n2)cc1. The van der Waals surface area contributed by atoms with E-state index in [0.29, 0.717) is 0 Å². The molecule has 0 saturated carbocycles. The summed E-state index contributed by atoms with van der Waals surface area (Å²) >= 11 is 5.89. The van der Waals surface area contributed by atoms with Gasteiger partial charge in [-0.15, -0.1) is 0 Å². The van der Waals surface area contributed by atoms with Gasteiger partial charge in [-0.1, -0.05) is 23.7 Å². The van der Waals surface area contributed by atoms with Crippen LogP contribution in [0.3, 0.4) is 0 Å². The number of hydrogen-bond donors (Lipinski definition) is 2. The Morgan fingerprint density at radius 3 is 2.43 bits per heavy atom. The van der Waals surface area contributed by atoms with E-state index in [1.165, 1.54) is 0 Å². The van der Waals surface area contributed by atoms with E-state index in [4.69, 9.17) is 16.3 Å². The van der Waals surface area contributed by atoms with E-state index in [0.717, 1.165) is 33.5 Å². The smallest absolute Gasteiger partial charge is 0.152 e. The molecule has 4 nitrogen and oxygen atoms in total. The van der Waals surface area contributed by atoms with Crippen LogP contribution in [0.15, 0.2) is 54.6 Å². The summed E-state index contributed by atoms with van der Waals surface area (Å²) in [5, 5.41) is 11.2. The molecule has 0 aliphatic heterocycles. The van der Waals surface area contributed by atoms with Gasteiger partial charge in [0, 0.05) is 16.8 Å². The molecule has 0 aliphatic rings. The first-order valence-electron chi connectivity index (χ1n) is 6.47. The number of nitrogens with one attached hydrogen (secondary N) is 2. The number of benzene rings is 2. The summed E-state index contributed by atoms with van der Waals surface area (Å²) in [6, 6.07) is 17.2. The molecule has 5 heteroatoms. The fourth-order valence-electron chi connectivity index (χ4n) is 1.99. The molecule has 3 aromatic rings. The van der Waals surface area contributed by atoms with E-state index in [1.807, 2.05) is 54.6 Å². The number of halogens is 1. The number of nitrogens with zero attached hydrogens (tertiary/aromatic N) is 1. The Morgan fingerprint density at radius 2 is 1.76 bits per heavy atom. The number of anilines is 2. The Bertz CT molecular complexity index is 720. The summed E-state index contributed by atoms with van der Waals surface area (Å²) in [6.07, 6.45) is 0. The van der Waals surface area contributed by atoms with Gasteiger partial charge >= 0.3 is 0 Å². The molecule has 1 aromatic heterocycles. The quantitative estimate of drug-likeness (QED) is 0.746. The van der Waals surface area contributed by atoms with Crippen molar-refractivity contribution >= 4 is 23.1 Å². The van der Waals surface area contributed by atoms with E-state index in [-0.39, 0.29) is 0 Å². The topological polar surface area (TPSA) is 49.9 Å². The van der Waals surface area contributed by atoms with Crippen molar-refractivity contribution in [1.82, 2.24) is 10.2 Å². The maximum Gasteiger partial charge on any atom is 0.152 e. The molecule has 3 rings (SSSR count). The summed E-state index contributed by atoms with van der Waals surface area (Å²) < 4.78 is 5.13. The Balaban J connectivity index is 1.76. The molecule has 2 N–H and O–H groups in total. The van der Waals surface area contributed by atoms with Crippen molar-refractivity contribution in [3.05, 3.63) is 59.6 Å². The van der Waals surface area contributed by atoms with Crippen LogP contribution in [-0.4, -0.2) is 17.3 Å². The third-order valence-electron chi connectivity index (χ3n) is 3.10. The van der Waals surface area contributed by atoms with Gasteiger partial charge in [0.25, 0.3) is 0 Å². The van der Waals surface area contributed by atoms with E-state index in [2.05, 4.69) is 15.5 Å². The fraction of sp³-hybridized carbons (Fsp3) is 0.0625. The number of H-pyrrole nitrogens is 1. The number of aromatic amines is 1. The average molecular weight is 300 g/mol. The van der Waals surface area contributed by atoms with Gasteiger partial charge < -0.3 is 10.1 Å². The van der Waals surface area contributed by atoms with Crippen LogP contribution in [-0.2, 0) is 0 Å². The molecule has 0 bridgehead atoms. The molecule has 2 aromatic carbocycles. The maximum absolute atomic E-state index is 5.89. The van der Waals surface area contributed by atoms with Crippen LogP contribution in [0.25, 0.3) is 11.3 Å². The largest absolute Gasteiger partial charge is 0.497 e. The lowest BCUT2D eigenvalue weighted by molar-refractivity contribution is 0.415. The molecule has 0 spiro atoms. The van der Waals surface area contributed by atoms with Crippen molar-refractivity contribution in [3.8, 4) is 17.0 Å². The minimum absolute atomic E-state index is 0.717. The van der Waals surface area contributed by atoms with Gasteiger partial charge in [-0.05, 0) is 42.0 Å². The number of aromatic nitrogens is 2. The first-order chi connectivity index (χ1) is 10.2. The molecule has 0 saturated heterocycles. The van der Waals surface area contributed by atoms with Gasteiger partial charge in [0.2, 0.25) is 0 Å². The number of methoxy groups -OCH3 is 1. The van der Waals surface area contributed by atoms with Gasteiger partial charge in [-0.2, -0.15) is 5.10 Å². The standard InChI is InChI=1S/C16H14ClN3O/c1-21-14-8-6-13(7-9-14)18-16-10-15(19-20-16)11-2-4-12(17)5-3-11/h2-10H,1H3,(H2,18,19,20). The summed E-state index contributed by atoms with van der Waals surface area (Å²) in [5.74, 6) is 1.58. The third-order valence-corrected chi connectivity index (χ3v) is 3.35. The lowest BCUT2D eigenvalue weighted by Gasteiger charge is -2.03. The highest BCUT2D eigenvalue weighted by molar-refractivity contribution is 6.30. The second-order valence-corrected chi connectivity index (χ2v) is 4.96. The number of hydrogen-bond acceptors (Lipinski definition) is 3. The second-order valence-electron chi connectivity index (χ2n) is 4.53. The average Bonchev–Trinajstić information content (AvgIpc) is 2.97. The number of ether oxygens (including phenoxy) is 1. The summed E-state index contributed by atoms with van der Waals surface area (Å²) in [6.45, 7) is 0. The molecular weight excluding hydrogens is 286 g/mol. The normalized spacial score (nSPS) is 10.4. The zero-order chi connectivity index (χ0) is 14.7. The lowest BCUT2D eigenvalue weighted by Crippen LogP contribution is -1.90. The van der Waals surface area contributed by atoms with Crippen molar-refractivity contribution in [2.75, 3.05) is 12.4 Å². The van der Waals surface area contributed by atoms with Gasteiger partial charge in [0.05, 0.1) is 12.8 Å². The summed E-state index contributed by atoms with van der Waals surface area (Å²) in [4.78, 5) is 0. The van der Waals surface area contributed by atoms with Crippen LogP contribution in [0, 0.1) is 0 Å². The molecule has 0 unspecified atom stereocenters. The fourth-order valence-corrected chi connectivity index (χ4v) is 2.11. The minimum Gasteiger partial charge on any atom is -0.497 e. The Labute approximate surface area is 127 Å². The second kappa shape index (κ2) is 5.89. The molecule has 0 fully saturated rings. The van der Waals surface area contributed by atoms with E-state index in [9.17, 15) is 0 Å². The predicted molar refractivity (Wildman–Crippen MR) is 85.3 cm³/mol. The molecule has 106 valence electrons. The zero-order valence-electron chi connectivity index (χ0n) is 11.4. The third kappa shape index (κ3) is 3.17. The van der Waals surface area contributed by atoms with Crippen molar-refractivity contribution in [3.63, 3.8) is 0 Å². The Morgan fingerprint density at radius 1 is 1.05 bits per heavy atom. The van der Waals surface area contributed by atoms with Crippen molar-refractivity contribution in [1.29, 1.82) is 0 Å². The van der Waals surface area contributed by atoms with Gasteiger partial charge in [0.15, 0.2) is 5.82 Å². The Kier molecular flexibility index (Phi) is 3.79. The molecular formula is C16H14ClN3O. The van der Waals surface area contributed by atoms with Crippen molar-refractivity contribution in [2.45, 2.75) is 0 Å². The number of rotatable bonds is 4. The van der Waals surface area contributed by atoms with Crippen LogP contribution in [0.5, 0.6) is 5.75 Å². The first-order valence-corrected chi connectivity index (χ1v) is 6.85. The molecule has 21 heavy (non-hydrogen) atoms. The van der Waals surface area contributed by atoms with Crippen molar-refractivity contribution < 1.29 is 4.74 Å². The zero-order valence-corrected chi connectivity index (χ0v) is 12.2. The van der Waals surface area contributed by atoms with E-state index in [1.54, 1.807) is 7.11 Å². The van der Waals surface area contributed by atoms with Crippen LogP contribution in [0.4, 0.5) is 11.5 Å². The van der Waals surface area contributed by atoms with Gasteiger partial charge in [-0.3, -0.25) is 5.10 Å². The molecule has 0 atom stereocenters. The highest BCUT2D eigenvalue weighted by Crippen LogP contribution is 2.24. The minimum atomic E-state index is 0.717. The lowest BCUT2D eigenvalue weighted by atomic mass is 10.1. The summed E-state index contributed by atoms with van der Waals surface area (Å²) in [5.41, 5.74) is 2.92. The highest BCUT2D eigenvalue weighted by Gasteiger charge is 2.04. The van der Waals surface area contributed by atoms with Crippen LogP contribution >= 0.6 is 11.6 Å². The molecule has 1 heterocycles. The maximum atomic E-state index is 5.89. The highest BCUT2D eigenvalue weighted by atomic mass is 35.5. The molecule has 0 aliphatic carbocycles. The molecule has 0 radical (unpaired) electrons. The monoisotopic (exact) mass is 299 g/mol. The van der Waals surface area contributed by atoms with Crippen LogP contribution < -0.4 is 10.1 Å². The summed E-state index contributed by atoms with van der Waals surface area (Å²) in [7, 11) is 1.65. The van der Waals surface area contributed by atoms with Crippen LogP contribution in [0.1, 0.15) is 0 Å². The van der Waals surface area contributed by atoms with Crippen molar-refractivity contribution in [2.24, 2.45) is 0 Å². The van der Waals surface area contributed by atoms with E-state index < -0.39 is 0 Å². The van der Waals surface area contributed by atoms with Gasteiger partial charge in [0.1, 0.15) is 5.75 Å². The molecule has 0 amide bonds.